The number of amidine groups is 1. The minimum atomic E-state index is -1.32. The molecule has 0 N–H and O–H groups in total. The summed E-state index contributed by atoms with van der Waals surface area (Å²) >= 11 is 0. The summed E-state index contributed by atoms with van der Waals surface area (Å²) in [7, 11) is 0. The smallest absolute Gasteiger partial charge is 0.295 e. The molecular weight excluding hydrogens is 309 g/mol. The van der Waals surface area contributed by atoms with Gasteiger partial charge >= 0.3 is 0 Å². The van der Waals surface area contributed by atoms with E-state index in [0.717, 1.165) is 49.8 Å². The first-order chi connectivity index (χ1) is 12.2. The molecule has 4 nitrogen and oxygen atoms in total. The van der Waals surface area contributed by atoms with Crippen LogP contribution in [0.2, 0.25) is 12.6 Å². The van der Waals surface area contributed by atoms with Gasteiger partial charge in [-0.25, -0.2) is 0 Å². The maximum absolute atomic E-state index is 13.4. The molecule has 2 aliphatic rings. The molecule has 0 aliphatic carbocycles. The van der Waals surface area contributed by atoms with Gasteiger partial charge in [0.2, 0.25) is 6.42 Å². The van der Waals surface area contributed by atoms with E-state index < -0.39 is 6.42 Å². The van der Waals surface area contributed by atoms with Crippen LogP contribution in [0.3, 0.4) is 0 Å². The van der Waals surface area contributed by atoms with Crippen molar-refractivity contribution in [1.29, 1.82) is 0 Å². The average molecular weight is 336 g/mol. The van der Waals surface area contributed by atoms with Crippen LogP contribution in [0.5, 0.6) is 0 Å². The van der Waals surface area contributed by atoms with Crippen LogP contribution in [0, 0.1) is 0 Å². The molecule has 2 amide bonds. The zero-order valence-corrected chi connectivity index (χ0v) is 15.3. The third kappa shape index (κ3) is 3.41. The zero-order valence-electron chi connectivity index (χ0n) is 15.3. The highest BCUT2D eigenvalue weighted by Crippen LogP contribution is 2.36. The van der Waals surface area contributed by atoms with Gasteiger partial charge in [0.1, 0.15) is 0 Å². The summed E-state index contributed by atoms with van der Waals surface area (Å²) in [5.41, 5.74) is 0.949. The van der Waals surface area contributed by atoms with Gasteiger partial charge in [-0.2, -0.15) is 0 Å². The largest absolute Gasteiger partial charge is 0.460 e. The number of allylic oxidation sites excluding steroid dienone is 2. The molecule has 0 unspecified atom stereocenters. The Balaban J connectivity index is 2.11. The Kier molecular flexibility index (Phi) is 5.42. The normalized spacial score (nSPS) is 18.3. The predicted molar refractivity (Wildman–Crippen MR) is 107 cm³/mol. The van der Waals surface area contributed by atoms with Crippen molar-refractivity contribution in [3.05, 3.63) is 54.8 Å². The van der Waals surface area contributed by atoms with E-state index in [1.54, 1.807) is 4.90 Å². The summed E-state index contributed by atoms with van der Waals surface area (Å²) in [6.45, 7) is 4.40. The molecule has 3 rings (SSSR count). The van der Waals surface area contributed by atoms with Crippen LogP contribution in [-0.2, 0) is 0 Å². The molecule has 0 saturated carbocycles. The Morgan fingerprint density at radius 2 is 1.68 bits per heavy atom. The molecular formula is C20H27BN3O-. The summed E-state index contributed by atoms with van der Waals surface area (Å²) in [6.07, 6.45) is 12.6. The quantitative estimate of drug-likeness (QED) is 0.610. The molecule has 0 spiro atoms. The number of carbonyl (C=O) groups is 1. The minimum Gasteiger partial charge on any atom is -0.460 e. The predicted octanol–water partition coefficient (Wildman–Crippen LogP) is 5.45. The Bertz CT molecular complexity index is 688. The molecule has 5 heteroatoms. The Morgan fingerprint density at radius 3 is 2.32 bits per heavy atom. The highest BCUT2D eigenvalue weighted by molar-refractivity contribution is 6.86. The molecule has 2 aliphatic heterocycles. The topological polar surface area (TPSA) is 35.9 Å². The fourth-order valence-electron chi connectivity index (χ4n) is 3.90. The highest BCUT2D eigenvalue weighted by Gasteiger charge is 2.40. The fraction of sp³-hybridized carbons (Fsp3) is 0.400. The van der Waals surface area contributed by atoms with Crippen molar-refractivity contribution in [2.45, 2.75) is 52.2 Å². The Morgan fingerprint density at radius 1 is 1.00 bits per heavy atom. The summed E-state index contributed by atoms with van der Waals surface area (Å²) in [5, 5.41) is 0. The van der Waals surface area contributed by atoms with Crippen LogP contribution in [0.4, 0.5) is 10.5 Å². The SMILES string of the molecule is CCCC[B-]1(CCCC)N=C2C=CC=CN2C(=O)N1c1ccccc1. The highest BCUT2D eigenvalue weighted by atomic mass is 16.2. The lowest BCUT2D eigenvalue weighted by Gasteiger charge is -2.54. The standard InChI is InChI=1S/C20H27BN3O/c1-3-5-15-21(16-6-4-2)22-19-14-10-11-17-23(19)20(25)24(21)18-12-8-7-9-13-18/h7-14,17H,3-6,15-16H2,1-2H3/q-1. The van der Waals surface area contributed by atoms with E-state index in [9.17, 15) is 4.79 Å². The van der Waals surface area contributed by atoms with Gasteiger partial charge in [-0.1, -0.05) is 63.8 Å². The minimum absolute atomic E-state index is 0.0176. The van der Waals surface area contributed by atoms with Crippen molar-refractivity contribution in [2.24, 2.45) is 4.90 Å². The molecule has 0 aromatic heterocycles. The van der Waals surface area contributed by atoms with Gasteiger partial charge in [0.05, 0.1) is 5.84 Å². The van der Waals surface area contributed by atoms with Gasteiger partial charge in [0.15, 0.2) is 0 Å². The Hall–Kier alpha value is -2.30. The van der Waals surface area contributed by atoms with Crippen LogP contribution in [0.15, 0.2) is 59.7 Å². The number of unbranched alkanes of at least 4 members (excludes halogenated alkanes) is 2. The second kappa shape index (κ2) is 7.73. The lowest BCUT2D eigenvalue weighted by atomic mass is 9.39. The van der Waals surface area contributed by atoms with Gasteiger partial charge in [-0.3, -0.25) is 9.69 Å². The van der Waals surface area contributed by atoms with E-state index >= 15 is 0 Å². The van der Waals surface area contributed by atoms with E-state index in [-0.39, 0.29) is 6.03 Å². The van der Waals surface area contributed by atoms with Gasteiger partial charge in [-0.15, -0.1) is 12.6 Å². The van der Waals surface area contributed by atoms with E-state index in [1.165, 1.54) is 0 Å². The zero-order chi connectivity index (χ0) is 17.7. The van der Waals surface area contributed by atoms with Crippen molar-refractivity contribution in [2.75, 3.05) is 4.81 Å². The first-order valence-corrected chi connectivity index (χ1v) is 9.53. The molecule has 1 aromatic rings. The second-order valence-corrected chi connectivity index (χ2v) is 6.96. The number of nitrogens with zero attached hydrogens (tertiary/aromatic N) is 3. The van der Waals surface area contributed by atoms with Crippen molar-refractivity contribution < 1.29 is 4.79 Å². The van der Waals surface area contributed by atoms with Crippen LogP contribution >= 0.6 is 0 Å². The third-order valence-electron chi connectivity index (χ3n) is 5.18. The van der Waals surface area contributed by atoms with E-state index in [4.69, 9.17) is 4.90 Å². The number of rotatable bonds is 7. The molecule has 0 bridgehead atoms. The number of hydrogen-bond donors (Lipinski definition) is 0. The number of urea groups is 1. The van der Waals surface area contributed by atoms with Gasteiger partial charge < -0.3 is 9.71 Å². The van der Waals surface area contributed by atoms with Crippen LogP contribution in [0.1, 0.15) is 39.5 Å². The molecule has 1 aromatic carbocycles. The monoisotopic (exact) mass is 336 g/mol. The van der Waals surface area contributed by atoms with Gasteiger partial charge in [0.25, 0.3) is 6.03 Å². The second-order valence-electron chi connectivity index (χ2n) is 6.96. The van der Waals surface area contributed by atoms with Crippen LogP contribution in [0.25, 0.3) is 0 Å². The van der Waals surface area contributed by atoms with E-state index in [2.05, 4.69) is 13.8 Å². The van der Waals surface area contributed by atoms with Crippen molar-refractivity contribution in [3.63, 3.8) is 0 Å². The van der Waals surface area contributed by atoms with Crippen LogP contribution < -0.4 is 4.81 Å². The van der Waals surface area contributed by atoms with Crippen molar-refractivity contribution >= 4 is 24.0 Å². The maximum atomic E-state index is 13.4. The number of hydrogen-bond acceptors (Lipinski definition) is 2. The lowest BCUT2D eigenvalue weighted by Crippen LogP contribution is -2.64. The summed E-state index contributed by atoms with van der Waals surface area (Å²) in [4.78, 5) is 22.3. The van der Waals surface area contributed by atoms with E-state index in [0.29, 0.717) is 0 Å². The molecule has 25 heavy (non-hydrogen) atoms. The number of carbonyl (C=O) groups excluding carboxylic acids is 1. The van der Waals surface area contributed by atoms with Crippen molar-refractivity contribution in [1.82, 2.24) is 4.90 Å². The third-order valence-corrected chi connectivity index (χ3v) is 5.18. The first kappa shape index (κ1) is 17.5. The maximum Gasteiger partial charge on any atom is 0.295 e. The first-order valence-electron chi connectivity index (χ1n) is 9.53. The summed E-state index contributed by atoms with van der Waals surface area (Å²) in [6, 6.07) is 10.0. The van der Waals surface area contributed by atoms with Crippen LogP contribution in [-0.4, -0.2) is 23.2 Å². The fourth-order valence-corrected chi connectivity index (χ4v) is 3.90. The molecule has 2 heterocycles. The lowest BCUT2D eigenvalue weighted by molar-refractivity contribution is 0.238. The number of amides is 2. The number of para-hydroxylation sites is 1. The molecule has 0 fully saturated rings. The number of anilines is 1. The van der Waals surface area contributed by atoms with Crippen molar-refractivity contribution in [3.8, 4) is 0 Å². The average Bonchev–Trinajstić information content (AvgIpc) is 2.66. The summed E-state index contributed by atoms with van der Waals surface area (Å²) < 4.78 is 0. The summed E-state index contributed by atoms with van der Waals surface area (Å²) in [5.74, 6) is 0.784. The molecule has 132 valence electrons. The number of fused-ring (bicyclic) bond motifs is 1. The van der Waals surface area contributed by atoms with Gasteiger partial charge in [0, 0.05) is 11.9 Å². The van der Waals surface area contributed by atoms with Gasteiger partial charge in [-0.05, 0) is 24.3 Å². The number of benzene rings is 1. The molecule has 0 radical (unpaired) electrons. The molecule has 0 saturated heterocycles. The molecule has 0 atom stereocenters. The van der Waals surface area contributed by atoms with E-state index in [1.807, 2.05) is 59.6 Å². The Labute approximate surface area is 150 Å².